The smallest absolute Gasteiger partial charge is 0.374 e. The normalized spacial score (nSPS) is 10.5. The number of halogens is 1. The highest BCUT2D eigenvalue weighted by Gasteiger charge is 2.13. The number of hydrogen-bond acceptors (Lipinski definition) is 4. The minimum absolute atomic E-state index is 0.141. The molecule has 0 atom stereocenters. The molecular weight excluding hydrogens is 218 g/mol. The highest BCUT2D eigenvalue weighted by molar-refractivity contribution is 6.33. The molecule has 0 fully saturated rings. The van der Waals surface area contributed by atoms with E-state index >= 15 is 0 Å². The molecule has 0 spiro atoms. The van der Waals surface area contributed by atoms with Crippen LogP contribution in [0.15, 0.2) is 12.3 Å². The topological polar surface area (TPSA) is 67.9 Å². The Hall–Kier alpha value is -1.62. The van der Waals surface area contributed by atoms with Crippen molar-refractivity contribution in [3.63, 3.8) is 0 Å². The van der Waals surface area contributed by atoms with Gasteiger partial charge in [0, 0.05) is 6.20 Å². The number of H-pyrrole nitrogens is 1. The van der Waals surface area contributed by atoms with Crippen LogP contribution in [0.3, 0.4) is 0 Å². The van der Waals surface area contributed by atoms with Crippen molar-refractivity contribution in [1.29, 1.82) is 0 Å². The Kier molecular flexibility index (Phi) is 2.55. The highest BCUT2D eigenvalue weighted by Crippen LogP contribution is 2.18. The van der Waals surface area contributed by atoms with Crippen molar-refractivity contribution in [2.24, 2.45) is 0 Å². The fourth-order valence-corrected chi connectivity index (χ4v) is 1.40. The van der Waals surface area contributed by atoms with Gasteiger partial charge in [-0.3, -0.25) is 0 Å². The number of imidazole rings is 1. The molecule has 0 saturated carbocycles. The van der Waals surface area contributed by atoms with E-state index in [4.69, 9.17) is 16.3 Å². The lowest BCUT2D eigenvalue weighted by molar-refractivity contribution is 0.0514. The Labute approximate surface area is 90.4 Å². The molecule has 2 aromatic rings. The minimum Gasteiger partial charge on any atom is -0.460 e. The Morgan fingerprint density at radius 3 is 3.13 bits per heavy atom. The van der Waals surface area contributed by atoms with Crippen molar-refractivity contribution >= 4 is 28.6 Å². The van der Waals surface area contributed by atoms with Crippen LogP contribution in [0.4, 0.5) is 0 Å². The number of rotatable bonds is 2. The first-order valence-electron chi connectivity index (χ1n) is 4.39. The average Bonchev–Trinajstić information content (AvgIpc) is 2.63. The zero-order valence-electron chi connectivity index (χ0n) is 7.95. The molecule has 0 aliphatic carbocycles. The number of carbonyl (C=O) groups excluding carboxylic acids is 1. The monoisotopic (exact) mass is 225 g/mol. The summed E-state index contributed by atoms with van der Waals surface area (Å²) < 4.78 is 4.80. The van der Waals surface area contributed by atoms with Crippen LogP contribution in [0.25, 0.3) is 11.0 Å². The number of pyridine rings is 1. The molecule has 0 amide bonds. The highest BCUT2D eigenvalue weighted by atomic mass is 35.5. The fraction of sp³-hybridized carbons (Fsp3) is 0.222. The number of nitrogens with zero attached hydrogens (tertiary/aromatic N) is 2. The molecule has 0 aliphatic rings. The van der Waals surface area contributed by atoms with Gasteiger partial charge in [0.2, 0.25) is 5.82 Å². The maximum Gasteiger partial charge on any atom is 0.374 e. The largest absolute Gasteiger partial charge is 0.460 e. The van der Waals surface area contributed by atoms with E-state index in [0.717, 1.165) is 0 Å². The number of ether oxygens (including phenoxy) is 1. The summed E-state index contributed by atoms with van der Waals surface area (Å²) in [5, 5.41) is 0.263. The van der Waals surface area contributed by atoms with E-state index in [1.165, 1.54) is 6.20 Å². The Morgan fingerprint density at radius 2 is 2.47 bits per heavy atom. The van der Waals surface area contributed by atoms with Gasteiger partial charge in [-0.25, -0.2) is 14.8 Å². The molecule has 2 heterocycles. The van der Waals surface area contributed by atoms with Crippen molar-refractivity contribution in [3.05, 3.63) is 23.2 Å². The summed E-state index contributed by atoms with van der Waals surface area (Å²) in [6, 6.07) is 1.69. The van der Waals surface area contributed by atoms with Gasteiger partial charge in [0.1, 0.15) is 5.52 Å². The molecule has 0 unspecified atom stereocenters. The molecule has 2 rings (SSSR count). The molecular formula is C9H8ClN3O2. The van der Waals surface area contributed by atoms with Crippen LogP contribution in [0.5, 0.6) is 0 Å². The number of fused-ring (bicyclic) bond motifs is 1. The molecule has 15 heavy (non-hydrogen) atoms. The van der Waals surface area contributed by atoms with E-state index in [0.29, 0.717) is 17.6 Å². The molecule has 0 aliphatic heterocycles. The lowest BCUT2D eigenvalue weighted by Crippen LogP contribution is -2.06. The van der Waals surface area contributed by atoms with Crippen molar-refractivity contribution in [2.45, 2.75) is 6.92 Å². The van der Waals surface area contributed by atoms with E-state index in [-0.39, 0.29) is 11.0 Å². The first kappa shape index (κ1) is 9.92. The predicted molar refractivity (Wildman–Crippen MR) is 54.9 cm³/mol. The lowest BCUT2D eigenvalue weighted by atomic mass is 10.4. The summed E-state index contributed by atoms with van der Waals surface area (Å²) in [5.41, 5.74) is 1.14. The number of hydrogen-bond donors (Lipinski definition) is 1. The molecule has 6 heteroatoms. The molecule has 0 radical (unpaired) electrons. The van der Waals surface area contributed by atoms with Gasteiger partial charge in [-0.15, -0.1) is 0 Å². The summed E-state index contributed by atoms with van der Waals surface area (Å²) in [7, 11) is 0. The standard InChI is InChI=1S/C9H8ClN3O2/c1-2-15-9(14)8-12-5-3-4-11-7(10)6(5)13-8/h3-4H,2H2,1H3,(H,12,13). The van der Waals surface area contributed by atoms with Gasteiger partial charge < -0.3 is 9.72 Å². The van der Waals surface area contributed by atoms with Gasteiger partial charge in [0.15, 0.2) is 5.15 Å². The Bertz CT molecular complexity index is 509. The second-order valence-electron chi connectivity index (χ2n) is 2.80. The maximum absolute atomic E-state index is 11.3. The summed E-state index contributed by atoms with van der Waals surface area (Å²) in [6.45, 7) is 2.04. The first-order valence-corrected chi connectivity index (χ1v) is 4.77. The van der Waals surface area contributed by atoms with E-state index in [1.807, 2.05) is 0 Å². The predicted octanol–water partition coefficient (Wildman–Crippen LogP) is 1.79. The van der Waals surface area contributed by atoms with Crippen LogP contribution in [-0.2, 0) is 4.74 Å². The van der Waals surface area contributed by atoms with Gasteiger partial charge in [-0.05, 0) is 13.0 Å². The van der Waals surface area contributed by atoms with Gasteiger partial charge >= 0.3 is 5.97 Å². The zero-order valence-corrected chi connectivity index (χ0v) is 8.71. The fourth-order valence-electron chi connectivity index (χ4n) is 1.20. The maximum atomic E-state index is 11.3. The lowest BCUT2D eigenvalue weighted by Gasteiger charge is -1.95. The van der Waals surface area contributed by atoms with Gasteiger partial charge in [0.25, 0.3) is 0 Å². The summed E-state index contributed by atoms with van der Waals surface area (Å²) in [5.74, 6) is -0.355. The minimum atomic E-state index is -0.496. The summed E-state index contributed by atoms with van der Waals surface area (Å²) >= 11 is 5.81. The van der Waals surface area contributed by atoms with Crippen LogP contribution < -0.4 is 0 Å². The molecule has 2 aromatic heterocycles. The van der Waals surface area contributed by atoms with E-state index in [2.05, 4.69) is 15.0 Å². The quantitative estimate of drug-likeness (QED) is 0.625. The first-order chi connectivity index (χ1) is 7.22. The SMILES string of the molecule is CCOC(=O)c1nc2c(Cl)nccc2[nH]1. The van der Waals surface area contributed by atoms with Gasteiger partial charge in [-0.1, -0.05) is 11.6 Å². The second kappa shape index (κ2) is 3.86. The van der Waals surface area contributed by atoms with Gasteiger partial charge in [-0.2, -0.15) is 0 Å². The summed E-state index contributed by atoms with van der Waals surface area (Å²) in [6.07, 6.45) is 1.54. The van der Waals surface area contributed by atoms with Crippen LogP contribution in [-0.4, -0.2) is 27.5 Å². The third-order valence-electron chi connectivity index (χ3n) is 1.83. The summed E-state index contributed by atoms with van der Waals surface area (Å²) in [4.78, 5) is 22.0. The Morgan fingerprint density at radius 1 is 1.67 bits per heavy atom. The third kappa shape index (κ3) is 1.78. The van der Waals surface area contributed by atoms with Crippen LogP contribution in [0.1, 0.15) is 17.5 Å². The number of carbonyl (C=O) groups is 1. The van der Waals surface area contributed by atoms with Crippen molar-refractivity contribution < 1.29 is 9.53 Å². The molecule has 0 saturated heterocycles. The number of nitrogens with one attached hydrogen (secondary N) is 1. The van der Waals surface area contributed by atoms with E-state index in [9.17, 15) is 4.79 Å². The third-order valence-corrected chi connectivity index (χ3v) is 2.10. The molecule has 78 valence electrons. The molecule has 0 aromatic carbocycles. The Balaban J connectivity index is 2.47. The van der Waals surface area contributed by atoms with Crippen molar-refractivity contribution in [1.82, 2.24) is 15.0 Å². The van der Waals surface area contributed by atoms with Crippen molar-refractivity contribution in [3.8, 4) is 0 Å². The van der Waals surface area contributed by atoms with Crippen molar-refractivity contribution in [2.75, 3.05) is 6.61 Å². The van der Waals surface area contributed by atoms with Gasteiger partial charge in [0.05, 0.1) is 12.1 Å². The molecule has 1 N–H and O–H groups in total. The van der Waals surface area contributed by atoms with Crippen LogP contribution >= 0.6 is 11.6 Å². The van der Waals surface area contributed by atoms with Crippen LogP contribution in [0.2, 0.25) is 5.15 Å². The zero-order chi connectivity index (χ0) is 10.8. The number of esters is 1. The number of aromatic nitrogens is 3. The molecule has 0 bridgehead atoms. The molecule has 5 nitrogen and oxygen atoms in total. The van der Waals surface area contributed by atoms with Crippen LogP contribution in [0, 0.1) is 0 Å². The van der Waals surface area contributed by atoms with E-state index in [1.54, 1.807) is 13.0 Å². The second-order valence-corrected chi connectivity index (χ2v) is 3.16. The van der Waals surface area contributed by atoms with E-state index < -0.39 is 5.97 Å². The average molecular weight is 226 g/mol. The number of aromatic amines is 1.